The highest BCUT2D eigenvalue weighted by Crippen LogP contribution is 2.07. The number of pyridine rings is 1. The highest BCUT2D eigenvalue weighted by atomic mass is 32.1. The molecule has 1 heterocycles. The van der Waals surface area contributed by atoms with E-state index < -0.39 is 0 Å². The fraction of sp³-hybridized carbons (Fsp3) is 0.250. The summed E-state index contributed by atoms with van der Waals surface area (Å²) in [6, 6.07) is 11.0. The molecule has 0 atom stereocenters. The van der Waals surface area contributed by atoms with Gasteiger partial charge in [0.25, 0.3) is 5.91 Å². The van der Waals surface area contributed by atoms with E-state index in [1.165, 1.54) is 0 Å². The van der Waals surface area contributed by atoms with E-state index in [9.17, 15) is 4.79 Å². The number of carbonyl (C=O) groups is 1. The van der Waals surface area contributed by atoms with Crippen LogP contribution in [0.1, 0.15) is 29.8 Å². The zero-order valence-electron chi connectivity index (χ0n) is 11.8. The second-order valence-corrected chi connectivity index (χ2v) is 4.42. The third-order valence-electron chi connectivity index (χ3n) is 2.58. The summed E-state index contributed by atoms with van der Waals surface area (Å²) in [7, 11) is 0. The average Bonchev–Trinajstić information content (AvgIpc) is 2.51. The fourth-order valence-electron chi connectivity index (χ4n) is 1.58. The highest BCUT2D eigenvalue weighted by Gasteiger charge is 2.03. The zero-order chi connectivity index (χ0) is 14.8. The van der Waals surface area contributed by atoms with Gasteiger partial charge in [-0.2, -0.15) is 0 Å². The molecule has 0 saturated carbocycles. The number of carbonyl (C=O) groups excluding carboxylic acids is 1. The molecule has 2 aromatic rings. The van der Waals surface area contributed by atoms with Gasteiger partial charge in [-0.05, 0) is 48.4 Å². The number of aromatic nitrogens is 1. The molecule has 2 rings (SSSR count). The van der Waals surface area contributed by atoms with Crippen molar-refractivity contribution in [1.82, 2.24) is 10.3 Å². The van der Waals surface area contributed by atoms with Crippen LogP contribution in [0.25, 0.3) is 0 Å². The predicted molar refractivity (Wildman–Crippen MR) is 85.3 cm³/mol. The van der Waals surface area contributed by atoms with Crippen molar-refractivity contribution in [3.63, 3.8) is 0 Å². The lowest BCUT2D eigenvalue weighted by atomic mass is 10.2. The average molecular weight is 288 g/mol. The molecule has 1 amide bonds. The number of amides is 1. The summed E-state index contributed by atoms with van der Waals surface area (Å²) in [6.07, 6.45) is 4.31. The Morgan fingerprint density at radius 3 is 2.30 bits per heavy atom. The Hall–Kier alpha value is -1.81. The van der Waals surface area contributed by atoms with E-state index in [4.69, 9.17) is 0 Å². The van der Waals surface area contributed by atoms with Crippen LogP contribution >= 0.6 is 12.6 Å². The molecule has 3 nitrogen and oxygen atoms in total. The van der Waals surface area contributed by atoms with Crippen molar-refractivity contribution in [2.24, 2.45) is 0 Å². The minimum Gasteiger partial charge on any atom is -0.352 e. The summed E-state index contributed by atoms with van der Waals surface area (Å²) >= 11 is 4.18. The van der Waals surface area contributed by atoms with Crippen LogP contribution in [-0.2, 0) is 6.42 Å². The summed E-state index contributed by atoms with van der Waals surface area (Å²) in [5.41, 5.74) is 1.82. The molecule has 0 fully saturated rings. The number of nitrogens with zero attached hydrogens (tertiary/aromatic N) is 1. The summed E-state index contributed by atoms with van der Waals surface area (Å²) in [6.45, 7) is 4.62. The third-order valence-corrected chi connectivity index (χ3v) is 2.88. The number of nitrogens with one attached hydrogen (secondary N) is 1. The van der Waals surface area contributed by atoms with E-state index in [1.54, 1.807) is 36.7 Å². The Kier molecular flexibility index (Phi) is 7.43. The maximum Gasteiger partial charge on any atom is 0.251 e. The minimum atomic E-state index is -0.0580. The van der Waals surface area contributed by atoms with Crippen LogP contribution < -0.4 is 5.32 Å². The molecule has 0 spiro atoms. The SMILES string of the molecule is CC.O=C(NCCc1ccncc1)c1ccc(S)cc1. The van der Waals surface area contributed by atoms with Gasteiger partial charge in [0.05, 0.1) is 0 Å². The summed E-state index contributed by atoms with van der Waals surface area (Å²) in [5.74, 6) is -0.0580. The third kappa shape index (κ3) is 5.45. The molecular formula is C16H20N2OS. The summed E-state index contributed by atoms with van der Waals surface area (Å²) < 4.78 is 0. The van der Waals surface area contributed by atoms with Gasteiger partial charge in [0.15, 0.2) is 0 Å². The van der Waals surface area contributed by atoms with Crippen LogP contribution in [0.3, 0.4) is 0 Å². The Balaban J connectivity index is 0.000000956. The standard InChI is InChI=1S/C14H14N2OS.C2H6/c17-14(12-1-3-13(18)4-2-12)16-10-7-11-5-8-15-9-6-11;1-2/h1-6,8-9,18H,7,10H2,(H,16,17);1-2H3. The van der Waals surface area contributed by atoms with E-state index in [0.29, 0.717) is 12.1 Å². The van der Waals surface area contributed by atoms with Crippen LogP contribution in [0.5, 0.6) is 0 Å². The quantitative estimate of drug-likeness (QED) is 0.847. The molecular weight excluding hydrogens is 268 g/mol. The normalized spacial score (nSPS) is 9.35. The Morgan fingerprint density at radius 2 is 1.70 bits per heavy atom. The van der Waals surface area contributed by atoms with Gasteiger partial charge in [-0.15, -0.1) is 12.6 Å². The van der Waals surface area contributed by atoms with Gasteiger partial charge >= 0.3 is 0 Å². The molecule has 4 heteroatoms. The van der Waals surface area contributed by atoms with Crippen molar-refractivity contribution in [3.8, 4) is 0 Å². The summed E-state index contributed by atoms with van der Waals surface area (Å²) in [5, 5.41) is 2.88. The van der Waals surface area contributed by atoms with Crippen LogP contribution in [-0.4, -0.2) is 17.4 Å². The molecule has 0 aliphatic heterocycles. The van der Waals surface area contributed by atoms with Crippen LogP contribution in [0, 0.1) is 0 Å². The number of hydrogen-bond acceptors (Lipinski definition) is 3. The second kappa shape index (κ2) is 9.15. The van der Waals surface area contributed by atoms with Crippen molar-refractivity contribution in [1.29, 1.82) is 0 Å². The number of thiol groups is 1. The predicted octanol–water partition coefficient (Wildman–Crippen LogP) is 3.37. The molecule has 1 aromatic heterocycles. The molecule has 20 heavy (non-hydrogen) atoms. The lowest BCUT2D eigenvalue weighted by molar-refractivity contribution is 0.0954. The summed E-state index contributed by atoms with van der Waals surface area (Å²) in [4.78, 5) is 16.6. The van der Waals surface area contributed by atoms with Crippen molar-refractivity contribution in [3.05, 3.63) is 59.9 Å². The lowest BCUT2D eigenvalue weighted by Crippen LogP contribution is -2.25. The fourth-order valence-corrected chi connectivity index (χ4v) is 1.73. The maximum atomic E-state index is 11.8. The zero-order valence-corrected chi connectivity index (χ0v) is 12.7. The molecule has 106 valence electrons. The Labute approximate surface area is 125 Å². The van der Waals surface area contributed by atoms with Crippen molar-refractivity contribution in [2.45, 2.75) is 25.2 Å². The van der Waals surface area contributed by atoms with Gasteiger partial charge in [0, 0.05) is 29.4 Å². The molecule has 0 saturated heterocycles. The first kappa shape index (κ1) is 16.2. The van der Waals surface area contributed by atoms with Gasteiger partial charge in [0.2, 0.25) is 0 Å². The Morgan fingerprint density at radius 1 is 1.10 bits per heavy atom. The van der Waals surface area contributed by atoms with E-state index in [-0.39, 0.29) is 5.91 Å². The van der Waals surface area contributed by atoms with Gasteiger partial charge in [0.1, 0.15) is 0 Å². The molecule has 1 aromatic carbocycles. The first-order valence-corrected chi connectivity index (χ1v) is 7.16. The first-order valence-electron chi connectivity index (χ1n) is 6.72. The van der Waals surface area contributed by atoms with Crippen molar-refractivity contribution < 1.29 is 4.79 Å². The highest BCUT2D eigenvalue weighted by molar-refractivity contribution is 7.80. The van der Waals surface area contributed by atoms with E-state index >= 15 is 0 Å². The smallest absolute Gasteiger partial charge is 0.251 e. The number of benzene rings is 1. The minimum absolute atomic E-state index is 0.0580. The van der Waals surface area contributed by atoms with Gasteiger partial charge < -0.3 is 5.32 Å². The first-order chi connectivity index (χ1) is 9.75. The Bertz CT molecular complexity index is 512. The molecule has 1 N–H and O–H groups in total. The number of hydrogen-bond donors (Lipinski definition) is 2. The van der Waals surface area contributed by atoms with Crippen LogP contribution in [0.4, 0.5) is 0 Å². The van der Waals surface area contributed by atoms with Crippen molar-refractivity contribution >= 4 is 18.5 Å². The molecule has 0 bridgehead atoms. The van der Waals surface area contributed by atoms with Crippen molar-refractivity contribution in [2.75, 3.05) is 6.54 Å². The topological polar surface area (TPSA) is 42.0 Å². The molecule has 0 aliphatic carbocycles. The second-order valence-electron chi connectivity index (χ2n) is 3.91. The molecule has 0 unspecified atom stereocenters. The van der Waals surface area contributed by atoms with Gasteiger partial charge in [-0.3, -0.25) is 9.78 Å². The van der Waals surface area contributed by atoms with E-state index in [2.05, 4.69) is 22.9 Å². The maximum absolute atomic E-state index is 11.8. The van der Waals surface area contributed by atoms with Gasteiger partial charge in [-0.1, -0.05) is 13.8 Å². The van der Waals surface area contributed by atoms with Crippen LogP contribution in [0.2, 0.25) is 0 Å². The van der Waals surface area contributed by atoms with E-state index in [0.717, 1.165) is 16.9 Å². The largest absolute Gasteiger partial charge is 0.352 e. The van der Waals surface area contributed by atoms with Crippen LogP contribution in [0.15, 0.2) is 53.7 Å². The monoisotopic (exact) mass is 288 g/mol. The molecule has 0 radical (unpaired) electrons. The van der Waals surface area contributed by atoms with E-state index in [1.807, 2.05) is 26.0 Å². The lowest BCUT2D eigenvalue weighted by Gasteiger charge is -2.05. The van der Waals surface area contributed by atoms with Gasteiger partial charge in [-0.25, -0.2) is 0 Å². The molecule has 0 aliphatic rings. The number of rotatable bonds is 4.